The zero-order valence-electron chi connectivity index (χ0n) is 15.6. The van der Waals surface area contributed by atoms with E-state index < -0.39 is 0 Å². The van der Waals surface area contributed by atoms with Crippen molar-refractivity contribution in [3.05, 3.63) is 31.1 Å². The summed E-state index contributed by atoms with van der Waals surface area (Å²) in [6.07, 6.45) is 10.1. The molecule has 1 saturated carbocycles. The summed E-state index contributed by atoms with van der Waals surface area (Å²) in [7, 11) is 1.61. The molecule has 0 spiro atoms. The van der Waals surface area contributed by atoms with E-state index in [0.29, 0.717) is 24.3 Å². The summed E-state index contributed by atoms with van der Waals surface area (Å²) in [5.74, 6) is 2.84. The Hall–Kier alpha value is -2.64. The lowest BCUT2D eigenvalue weighted by atomic mass is 9.61. The van der Waals surface area contributed by atoms with Crippen LogP contribution in [0.15, 0.2) is 31.1 Å². The number of hydrogen-bond acceptors (Lipinski definition) is 6. The molecule has 4 rings (SSSR count). The van der Waals surface area contributed by atoms with Gasteiger partial charge in [-0.3, -0.25) is 4.79 Å². The van der Waals surface area contributed by atoms with E-state index in [4.69, 9.17) is 4.74 Å². The van der Waals surface area contributed by atoms with Crippen molar-refractivity contribution in [1.29, 1.82) is 0 Å². The van der Waals surface area contributed by atoms with Gasteiger partial charge < -0.3 is 19.5 Å². The lowest BCUT2D eigenvalue weighted by Crippen LogP contribution is -2.55. The van der Waals surface area contributed by atoms with Gasteiger partial charge in [0.25, 0.3) is 0 Å². The third-order valence-electron chi connectivity index (χ3n) is 5.83. The van der Waals surface area contributed by atoms with Gasteiger partial charge in [-0.15, -0.1) is 0 Å². The van der Waals surface area contributed by atoms with E-state index in [-0.39, 0.29) is 11.8 Å². The van der Waals surface area contributed by atoms with Crippen molar-refractivity contribution in [2.75, 3.05) is 31.6 Å². The number of anilines is 1. The van der Waals surface area contributed by atoms with Crippen molar-refractivity contribution in [1.82, 2.24) is 24.8 Å². The molecule has 2 fully saturated rings. The minimum Gasteiger partial charge on any atom is -0.481 e. The molecule has 1 aliphatic carbocycles. The van der Waals surface area contributed by atoms with Crippen LogP contribution in [-0.2, 0) is 11.3 Å². The molecule has 0 unspecified atom stereocenters. The van der Waals surface area contributed by atoms with E-state index in [1.165, 1.54) is 6.33 Å². The van der Waals surface area contributed by atoms with Gasteiger partial charge in [-0.1, -0.05) is 0 Å². The highest BCUT2D eigenvalue weighted by Gasteiger charge is 2.47. The van der Waals surface area contributed by atoms with Crippen molar-refractivity contribution in [2.24, 2.45) is 17.8 Å². The molecule has 3 heterocycles. The number of aryl methyl sites for hydroxylation is 1. The fourth-order valence-electron chi connectivity index (χ4n) is 4.23. The molecule has 144 valence electrons. The van der Waals surface area contributed by atoms with Gasteiger partial charge in [0, 0.05) is 50.6 Å². The molecule has 1 aliphatic heterocycles. The fourth-order valence-corrected chi connectivity index (χ4v) is 4.23. The molecule has 2 aromatic rings. The Morgan fingerprint density at radius 2 is 2.33 bits per heavy atom. The molecule has 2 aromatic heterocycles. The average Bonchev–Trinajstić information content (AvgIpc) is 3.20. The molecular weight excluding hydrogens is 344 g/mol. The molecule has 8 nitrogen and oxygen atoms in total. The van der Waals surface area contributed by atoms with Crippen LogP contribution in [0.2, 0.25) is 0 Å². The summed E-state index contributed by atoms with van der Waals surface area (Å²) in [6.45, 7) is 3.43. The first-order valence-corrected chi connectivity index (χ1v) is 9.59. The van der Waals surface area contributed by atoms with Crippen LogP contribution in [0.4, 0.5) is 5.82 Å². The summed E-state index contributed by atoms with van der Waals surface area (Å²) in [5, 5.41) is 3.12. The Bertz CT molecular complexity index is 765. The maximum atomic E-state index is 12.6. The zero-order chi connectivity index (χ0) is 18.6. The molecule has 8 heteroatoms. The second kappa shape index (κ2) is 7.94. The quantitative estimate of drug-likeness (QED) is 0.741. The predicted molar refractivity (Wildman–Crippen MR) is 100 cm³/mol. The van der Waals surface area contributed by atoms with E-state index in [2.05, 4.69) is 25.2 Å². The third kappa shape index (κ3) is 3.89. The molecular formula is C19H26N6O2. The molecule has 0 aromatic carbocycles. The van der Waals surface area contributed by atoms with Crippen molar-refractivity contribution >= 4 is 11.7 Å². The number of nitrogens with zero attached hydrogens (tertiary/aromatic N) is 5. The van der Waals surface area contributed by atoms with Crippen molar-refractivity contribution in [3.63, 3.8) is 0 Å². The van der Waals surface area contributed by atoms with Gasteiger partial charge in [0.15, 0.2) is 0 Å². The monoisotopic (exact) mass is 370 g/mol. The average molecular weight is 370 g/mol. The molecule has 1 saturated heterocycles. The Morgan fingerprint density at radius 3 is 3.15 bits per heavy atom. The van der Waals surface area contributed by atoms with E-state index in [0.717, 1.165) is 44.7 Å². The van der Waals surface area contributed by atoms with Crippen molar-refractivity contribution in [2.45, 2.75) is 25.8 Å². The van der Waals surface area contributed by atoms with Crippen LogP contribution in [0, 0.1) is 17.8 Å². The lowest BCUT2D eigenvalue weighted by molar-refractivity contribution is -0.134. The van der Waals surface area contributed by atoms with Gasteiger partial charge in [-0.25, -0.2) is 15.0 Å². The highest BCUT2D eigenvalue weighted by molar-refractivity contribution is 5.80. The van der Waals surface area contributed by atoms with Crippen LogP contribution in [0.5, 0.6) is 5.88 Å². The number of fused-ring (bicyclic) bond motifs is 1. The largest absolute Gasteiger partial charge is 0.481 e. The number of carbonyl (C=O) groups is 1. The molecule has 1 amide bonds. The zero-order valence-corrected chi connectivity index (χ0v) is 15.6. The van der Waals surface area contributed by atoms with Crippen LogP contribution in [0.3, 0.4) is 0 Å². The number of nitrogens with one attached hydrogen (secondary N) is 1. The van der Waals surface area contributed by atoms with Crippen LogP contribution in [0.25, 0.3) is 0 Å². The first kappa shape index (κ1) is 17.8. The number of rotatable bonds is 7. The number of amides is 1. The van der Waals surface area contributed by atoms with Crippen LogP contribution >= 0.6 is 0 Å². The minimum absolute atomic E-state index is 0.120. The third-order valence-corrected chi connectivity index (χ3v) is 5.83. The normalized spacial score (nSPS) is 24.0. The van der Waals surface area contributed by atoms with Gasteiger partial charge in [-0.2, -0.15) is 0 Å². The number of hydrogen-bond donors (Lipinski definition) is 1. The maximum absolute atomic E-state index is 12.6. The second-order valence-corrected chi connectivity index (χ2v) is 7.36. The number of carbonyl (C=O) groups excluding carboxylic acids is 1. The molecule has 0 bridgehead atoms. The summed E-state index contributed by atoms with van der Waals surface area (Å²) in [6, 6.07) is 1.87. The summed E-state index contributed by atoms with van der Waals surface area (Å²) >= 11 is 0. The Kier molecular flexibility index (Phi) is 5.22. The van der Waals surface area contributed by atoms with E-state index >= 15 is 0 Å². The summed E-state index contributed by atoms with van der Waals surface area (Å²) in [5.41, 5.74) is 0. The summed E-state index contributed by atoms with van der Waals surface area (Å²) < 4.78 is 7.23. The van der Waals surface area contributed by atoms with Gasteiger partial charge in [0.2, 0.25) is 11.8 Å². The topological polar surface area (TPSA) is 85.2 Å². The van der Waals surface area contributed by atoms with Gasteiger partial charge >= 0.3 is 0 Å². The molecule has 2 aliphatic rings. The molecule has 1 N–H and O–H groups in total. The number of piperidine rings is 1. The standard InChI is InChI=1S/C19H26N6O2/c1-27-18-10-17(22-12-23-18)25-7-3-14-9-15(16(14)11-25)19(26)21-4-2-6-24-8-5-20-13-24/h5,8,10,12-16H,2-4,6-7,9,11H2,1H3,(H,21,26)/t14-,15-,16-/m1/s1. The van der Waals surface area contributed by atoms with Gasteiger partial charge in [0.1, 0.15) is 12.1 Å². The SMILES string of the molecule is COc1cc(N2CC[C@@H]3C[C@@H](C(=O)NCCCn4ccnc4)[C@@H]3C2)ncn1. The first-order chi connectivity index (χ1) is 13.2. The van der Waals surface area contributed by atoms with Crippen LogP contribution in [0.1, 0.15) is 19.3 Å². The molecule has 0 radical (unpaired) electrons. The predicted octanol–water partition coefficient (Wildman–Crippen LogP) is 1.35. The van der Waals surface area contributed by atoms with Crippen molar-refractivity contribution < 1.29 is 9.53 Å². The second-order valence-electron chi connectivity index (χ2n) is 7.36. The van der Waals surface area contributed by atoms with E-state index in [9.17, 15) is 4.79 Å². The first-order valence-electron chi connectivity index (χ1n) is 9.59. The number of methoxy groups -OCH3 is 1. The van der Waals surface area contributed by atoms with Crippen molar-refractivity contribution in [3.8, 4) is 5.88 Å². The molecule has 3 atom stereocenters. The highest BCUT2D eigenvalue weighted by Crippen LogP contribution is 2.46. The minimum atomic E-state index is 0.120. The lowest BCUT2D eigenvalue weighted by Gasteiger charge is -2.50. The number of aromatic nitrogens is 4. The van der Waals surface area contributed by atoms with Gasteiger partial charge in [0.05, 0.1) is 13.4 Å². The Morgan fingerprint density at radius 1 is 1.41 bits per heavy atom. The Labute approximate surface area is 159 Å². The highest BCUT2D eigenvalue weighted by atomic mass is 16.5. The number of ether oxygens (including phenoxy) is 1. The maximum Gasteiger partial charge on any atom is 0.223 e. The van der Waals surface area contributed by atoms with Crippen LogP contribution in [-0.4, -0.2) is 52.2 Å². The van der Waals surface area contributed by atoms with Crippen LogP contribution < -0.4 is 15.0 Å². The smallest absolute Gasteiger partial charge is 0.223 e. The molecule has 27 heavy (non-hydrogen) atoms. The van der Waals surface area contributed by atoms with E-state index in [1.54, 1.807) is 19.6 Å². The Balaban J connectivity index is 1.27. The van der Waals surface area contributed by atoms with Gasteiger partial charge in [-0.05, 0) is 31.1 Å². The fraction of sp³-hybridized carbons (Fsp3) is 0.579. The number of imidazole rings is 1. The van der Waals surface area contributed by atoms with E-state index in [1.807, 2.05) is 16.8 Å². The summed E-state index contributed by atoms with van der Waals surface area (Å²) in [4.78, 5) is 27.3.